The Morgan fingerprint density at radius 1 is 0.976 bits per heavy atom. The molecule has 3 aliphatic rings. The van der Waals surface area contributed by atoms with Crippen LogP contribution in [0.25, 0.3) is 33.4 Å². The molecule has 1 N–H and O–H groups in total. The monoisotopic (exact) mass is 554 g/mol. The van der Waals surface area contributed by atoms with E-state index in [1.807, 2.05) is 25.1 Å². The first kappa shape index (κ1) is 27.3. The molecular weight excluding hydrogens is 528 g/mol. The maximum atomic E-state index is 12.5. The highest BCUT2D eigenvalue weighted by Gasteiger charge is 2.32. The second-order valence-corrected chi connectivity index (χ2v) is 9.55. The summed E-state index contributed by atoms with van der Waals surface area (Å²) in [6, 6.07) is 15.6. The van der Waals surface area contributed by atoms with E-state index >= 15 is 0 Å². The van der Waals surface area contributed by atoms with Gasteiger partial charge in [0.2, 0.25) is 5.91 Å². The summed E-state index contributed by atoms with van der Waals surface area (Å²) in [6.45, 7) is 5.50. The van der Waals surface area contributed by atoms with Crippen LogP contribution in [-0.2, 0) is 24.0 Å². The van der Waals surface area contributed by atoms with E-state index in [9.17, 15) is 24.0 Å². The molecule has 5 rings (SSSR count). The molecule has 1 fully saturated rings. The summed E-state index contributed by atoms with van der Waals surface area (Å²) in [4.78, 5) is 64.5. The number of nitrogens with zero attached hydrogens (tertiary/aromatic N) is 1. The van der Waals surface area contributed by atoms with Crippen LogP contribution < -0.4 is 15.5 Å². The van der Waals surface area contributed by atoms with Crippen LogP contribution in [0, 0.1) is 6.92 Å². The molecule has 10 heteroatoms. The maximum Gasteiger partial charge on any atom is 0.333 e. The van der Waals surface area contributed by atoms with Crippen LogP contribution >= 0.6 is 0 Å². The first-order valence-electron chi connectivity index (χ1n) is 13.0. The highest BCUT2D eigenvalue weighted by molar-refractivity contribution is 6.03. The lowest BCUT2D eigenvalue weighted by atomic mass is 9.91. The number of hydrogen-bond acceptors (Lipinski definition) is 8. The quantitative estimate of drug-likeness (QED) is 0.171. The predicted molar refractivity (Wildman–Crippen MR) is 150 cm³/mol. The van der Waals surface area contributed by atoms with Gasteiger partial charge in [-0.1, -0.05) is 12.6 Å². The summed E-state index contributed by atoms with van der Waals surface area (Å²) in [5.41, 5.74) is 4.33. The van der Waals surface area contributed by atoms with Gasteiger partial charge in [0.25, 0.3) is 11.8 Å². The van der Waals surface area contributed by atoms with E-state index < -0.39 is 17.8 Å². The van der Waals surface area contributed by atoms with Gasteiger partial charge < -0.3 is 19.3 Å². The fraction of sp³-hybridized carbons (Fsp3) is 0.194. The Kier molecular flexibility index (Phi) is 7.64. The van der Waals surface area contributed by atoms with Gasteiger partial charge in [0.05, 0.1) is 6.26 Å². The van der Waals surface area contributed by atoms with E-state index in [2.05, 4.69) is 11.9 Å². The number of hydroxylamine groups is 2. The molecule has 0 unspecified atom stereocenters. The molecule has 2 aliphatic heterocycles. The van der Waals surface area contributed by atoms with Gasteiger partial charge in [0, 0.05) is 60.0 Å². The number of rotatable bonds is 9. The molecular formula is C31H26N2O8. The zero-order valence-corrected chi connectivity index (χ0v) is 22.2. The van der Waals surface area contributed by atoms with E-state index in [4.69, 9.17) is 14.0 Å². The van der Waals surface area contributed by atoms with Crippen LogP contribution in [0.4, 0.5) is 5.69 Å². The highest BCUT2D eigenvalue weighted by atomic mass is 16.7. The Morgan fingerprint density at radius 2 is 1.73 bits per heavy atom. The topological polar surface area (TPSA) is 132 Å². The predicted octanol–water partition coefficient (Wildman–Crippen LogP) is 5.11. The summed E-state index contributed by atoms with van der Waals surface area (Å²) in [7, 11) is 0. The van der Waals surface area contributed by atoms with E-state index in [1.54, 1.807) is 24.3 Å². The number of carbonyl (C=O) groups is 4. The molecule has 1 aliphatic carbocycles. The number of fused-ring (bicyclic) bond motifs is 2. The van der Waals surface area contributed by atoms with Crippen LogP contribution in [0.3, 0.4) is 0 Å². The van der Waals surface area contributed by atoms with Crippen molar-refractivity contribution in [1.82, 2.24) is 5.06 Å². The Labute approximate surface area is 234 Å². The van der Waals surface area contributed by atoms with Crippen LogP contribution in [0.5, 0.6) is 5.75 Å². The zero-order valence-electron chi connectivity index (χ0n) is 22.2. The molecule has 41 heavy (non-hydrogen) atoms. The van der Waals surface area contributed by atoms with Crippen LogP contribution in [0.1, 0.15) is 37.7 Å². The summed E-state index contributed by atoms with van der Waals surface area (Å²) in [5, 5.41) is 4.14. The molecule has 0 radical (unpaired) electrons. The van der Waals surface area contributed by atoms with Gasteiger partial charge in [-0.25, -0.2) is 4.79 Å². The third-order valence-electron chi connectivity index (χ3n) is 6.65. The highest BCUT2D eigenvalue weighted by Crippen LogP contribution is 2.42. The molecule has 1 saturated heterocycles. The van der Waals surface area contributed by atoms with Crippen molar-refractivity contribution in [2.45, 2.75) is 39.0 Å². The first-order valence-corrected chi connectivity index (χ1v) is 13.0. The van der Waals surface area contributed by atoms with Gasteiger partial charge in [-0.2, -0.15) is 0 Å². The average molecular weight is 555 g/mol. The molecule has 3 amide bonds. The molecule has 208 valence electrons. The number of aryl methyl sites for hydroxylation is 1. The van der Waals surface area contributed by atoms with Gasteiger partial charge in [-0.15, -0.1) is 5.06 Å². The standard InChI is InChI=1S/C31H26N2O8/c1-3-39-21-9-12-24-26(17-21)40-25-16-20(34)8-11-23(25)31(24)22-10-7-19(15-18(22)2)32-27(35)5-4-6-30(38)41-33-28(36)13-14-29(33)37/h3,7-12,15-17H,1,4-6,13-14H2,2H3,(H,32,35). The summed E-state index contributed by atoms with van der Waals surface area (Å²) in [5.74, 6) is -1.17. The van der Waals surface area contributed by atoms with E-state index in [0.717, 1.165) is 27.6 Å². The van der Waals surface area contributed by atoms with Gasteiger partial charge in [0.1, 0.15) is 17.1 Å². The molecule has 2 heterocycles. The van der Waals surface area contributed by atoms with E-state index in [1.165, 1.54) is 18.4 Å². The number of nitrogens with one attached hydrogen (secondary N) is 1. The second-order valence-electron chi connectivity index (χ2n) is 9.55. The van der Waals surface area contributed by atoms with Crippen LogP contribution in [0.2, 0.25) is 0 Å². The normalized spacial score (nSPS) is 13.0. The molecule has 2 aromatic carbocycles. The Hall–Kier alpha value is -5.25. The van der Waals surface area contributed by atoms with Crippen LogP contribution in [0.15, 0.2) is 76.7 Å². The van der Waals surface area contributed by atoms with Gasteiger partial charge in [-0.3, -0.25) is 19.2 Å². The van der Waals surface area contributed by atoms with Crippen molar-refractivity contribution in [2.75, 3.05) is 5.32 Å². The molecule has 0 aromatic heterocycles. The molecule has 0 atom stereocenters. The Morgan fingerprint density at radius 3 is 2.46 bits per heavy atom. The van der Waals surface area contributed by atoms with Crippen molar-refractivity contribution in [3.63, 3.8) is 0 Å². The number of benzene rings is 3. The zero-order chi connectivity index (χ0) is 29.1. The number of amides is 3. The fourth-order valence-electron chi connectivity index (χ4n) is 4.75. The van der Waals surface area contributed by atoms with Gasteiger partial charge in [-0.05, 0) is 60.9 Å². The molecule has 10 nitrogen and oxygen atoms in total. The lowest BCUT2D eigenvalue weighted by molar-refractivity contribution is -0.197. The molecule has 0 saturated carbocycles. The third kappa shape index (κ3) is 5.86. The molecule has 0 bridgehead atoms. The fourth-order valence-corrected chi connectivity index (χ4v) is 4.75. The number of imide groups is 1. The van der Waals surface area contributed by atoms with Crippen molar-refractivity contribution < 1.29 is 33.2 Å². The smallest absolute Gasteiger partial charge is 0.333 e. The minimum absolute atomic E-state index is 0.0193. The number of hydrogen-bond donors (Lipinski definition) is 1. The Balaban J connectivity index is 1.32. The third-order valence-corrected chi connectivity index (χ3v) is 6.65. The largest absolute Gasteiger partial charge is 0.465 e. The lowest BCUT2D eigenvalue weighted by Gasteiger charge is -2.18. The average Bonchev–Trinajstić information content (AvgIpc) is 3.24. The van der Waals surface area contributed by atoms with E-state index in [0.29, 0.717) is 27.8 Å². The molecule has 2 aromatic rings. The van der Waals surface area contributed by atoms with Crippen molar-refractivity contribution in [2.24, 2.45) is 0 Å². The summed E-state index contributed by atoms with van der Waals surface area (Å²) < 4.78 is 11.5. The minimum Gasteiger partial charge on any atom is -0.465 e. The maximum absolute atomic E-state index is 12.5. The SMILES string of the molecule is C=COc1ccc2c(-c3ccc(NC(=O)CCCC(=O)ON4C(=O)CCC4=O)cc3C)c3ccc(=O)cc-3oc2c1. The summed E-state index contributed by atoms with van der Waals surface area (Å²) in [6.07, 6.45) is 1.46. The molecule has 0 spiro atoms. The summed E-state index contributed by atoms with van der Waals surface area (Å²) >= 11 is 0. The first-order chi connectivity index (χ1) is 19.7. The van der Waals surface area contributed by atoms with Crippen molar-refractivity contribution in [1.29, 1.82) is 0 Å². The number of anilines is 1. The van der Waals surface area contributed by atoms with Crippen molar-refractivity contribution >= 4 is 40.3 Å². The number of carbonyl (C=O) groups excluding carboxylic acids is 4. The van der Waals surface area contributed by atoms with Gasteiger partial charge >= 0.3 is 5.97 Å². The van der Waals surface area contributed by atoms with Crippen molar-refractivity contribution in [3.8, 4) is 28.2 Å². The van der Waals surface area contributed by atoms with E-state index in [-0.39, 0.29) is 43.4 Å². The number of ether oxygens (including phenoxy) is 1. The lowest BCUT2D eigenvalue weighted by Crippen LogP contribution is -2.32. The van der Waals surface area contributed by atoms with Crippen molar-refractivity contribution in [3.05, 3.63) is 83.2 Å². The minimum atomic E-state index is -0.747. The Bertz CT molecular complexity index is 1720. The second kappa shape index (κ2) is 11.5. The van der Waals surface area contributed by atoms with Gasteiger partial charge in [0.15, 0.2) is 5.43 Å². The van der Waals surface area contributed by atoms with Crippen LogP contribution in [-0.4, -0.2) is 28.8 Å².